The quantitative estimate of drug-likeness (QED) is 0.319. The Labute approximate surface area is 169 Å². The Kier molecular flexibility index (Phi) is 7.99. The van der Waals surface area contributed by atoms with Crippen LogP contribution in [-0.4, -0.2) is 108 Å². The summed E-state index contributed by atoms with van der Waals surface area (Å²) in [4.78, 5) is 12.2. The van der Waals surface area contributed by atoms with Gasteiger partial charge in [0.1, 0.15) is 36.1 Å². The molecular weight excluding hydrogens is 390 g/mol. The first-order chi connectivity index (χ1) is 13.4. The van der Waals surface area contributed by atoms with Crippen molar-refractivity contribution in [2.24, 2.45) is 0 Å². The molecular formula is C18H33NO10. The molecule has 5 N–H and O–H groups in total. The molecule has 0 aliphatic carbocycles. The second kappa shape index (κ2) is 9.50. The molecule has 0 spiro atoms. The zero-order valence-electron chi connectivity index (χ0n) is 17.5. The molecule has 2 fully saturated rings. The minimum Gasteiger partial charge on any atom is -0.388 e. The molecule has 0 aromatic rings. The lowest BCUT2D eigenvalue weighted by Gasteiger charge is -2.51. The Balaban J connectivity index is 2.20. The summed E-state index contributed by atoms with van der Waals surface area (Å²) in [5, 5.41) is 44.2. The Morgan fingerprint density at radius 3 is 2.28 bits per heavy atom. The van der Waals surface area contributed by atoms with Gasteiger partial charge >= 0.3 is 0 Å². The molecule has 0 aromatic heterocycles. The summed E-state index contributed by atoms with van der Waals surface area (Å²) in [6.45, 7) is 6.19. The largest absolute Gasteiger partial charge is 0.388 e. The number of carbonyl (C=O) groups excluding carboxylic acids is 1. The molecule has 170 valence electrons. The van der Waals surface area contributed by atoms with E-state index in [9.17, 15) is 25.2 Å². The van der Waals surface area contributed by atoms with Crippen LogP contribution in [0.4, 0.5) is 0 Å². The van der Waals surface area contributed by atoms with Gasteiger partial charge in [-0.15, -0.1) is 0 Å². The van der Waals surface area contributed by atoms with E-state index in [1.165, 1.54) is 28.1 Å². The van der Waals surface area contributed by atoms with Gasteiger partial charge in [-0.1, -0.05) is 0 Å². The van der Waals surface area contributed by atoms with E-state index >= 15 is 0 Å². The first kappa shape index (κ1) is 24.4. The van der Waals surface area contributed by atoms with E-state index in [0.717, 1.165) is 0 Å². The number of amides is 1. The highest BCUT2D eigenvalue weighted by Crippen LogP contribution is 2.34. The van der Waals surface area contributed by atoms with Crippen molar-refractivity contribution in [2.45, 2.75) is 94.6 Å². The van der Waals surface area contributed by atoms with E-state index in [2.05, 4.69) is 5.32 Å². The van der Waals surface area contributed by atoms with E-state index in [0.29, 0.717) is 0 Å². The third-order valence-electron chi connectivity index (χ3n) is 5.64. The van der Waals surface area contributed by atoms with Crippen LogP contribution in [0.15, 0.2) is 0 Å². The maximum Gasteiger partial charge on any atom is 0.249 e. The molecule has 2 saturated heterocycles. The lowest BCUT2D eigenvalue weighted by atomic mass is 9.83. The Bertz CT molecular complexity index is 547. The van der Waals surface area contributed by atoms with Crippen molar-refractivity contribution in [2.75, 3.05) is 14.2 Å². The molecule has 11 nitrogen and oxygen atoms in total. The van der Waals surface area contributed by atoms with Crippen LogP contribution in [0, 0.1) is 0 Å². The molecule has 1 amide bonds. The number of rotatable bonds is 6. The first-order valence-electron chi connectivity index (χ1n) is 9.54. The number of ether oxygens (including phenoxy) is 5. The summed E-state index contributed by atoms with van der Waals surface area (Å²) in [7, 11) is 2.73. The van der Waals surface area contributed by atoms with Crippen molar-refractivity contribution in [3.63, 3.8) is 0 Å². The molecule has 2 rings (SSSR count). The predicted molar refractivity (Wildman–Crippen MR) is 97.6 cm³/mol. The molecule has 0 saturated carbocycles. The third kappa shape index (κ3) is 4.89. The van der Waals surface area contributed by atoms with Gasteiger partial charge in [0.2, 0.25) is 5.91 Å². The Morgan fingerprint density at radius 2 is 1.72 bits per heavy atom. The van der Waals surface area contributed by atoms with Gasteiger partial charge in [0.25, 0.3) is 0 Å². The summed E-state index contributed by atoms with van der Waals surface area (Å²) in [5.41, 5.74) is -1.63. The highest BCUT2D eigenvalue weighted by atomic mass is 16.7. The number of nitrogens with one attached hydrogen (secondary N) is 1. The van der Waals surface area contributed by atoms with Crippen LogP contribution in [0.5, 0.6) is 0 Å². The van der Waals surface area contributed by atoms with Gasteiger partial charge in [0.15, 0.2) is 12.6 Å². The summed E-state index contributed by atoms with van der Waals surface area (Å²) in [6.07, 6.45) is -10.1. The van der Waals surface area contributed by atoms with Crippen molar-refractivity contribution in [3.8, 4) is 0 Å². The Morgan fingerprint density at radius 1 is 1.10 bits per heavy atom. The predicted octanol–water partition coefficient (Wildman–Crippen LogP) is -2.14. The van der Waals surface area contributed by atoms with Gasteiger partial charge in [-0.25, -0.2) is 0 Å². The fourth-order valence-corrected chi connectivity index (χ4v) is 3.71. The molecule has 3 unspecified atom stereocenters. The number of hydrogen-bond donors (Lipinski definition) is 5. The molecule has 0 bridgehead atoms. The van der Waals surface area contributed by atoms with Crippen LogP contribution < -0.4 is 5.32 Å². The van der Waals surface area contributed by atoms with Crippen LogP contribution in [0.2, 0.25) is 0 Å². The van der Waals surface area contributed by atoms with Crippen molar-refractivity contribution >= 4 is 5.91 Å². The average molecular weight is 423 g/mol. The molecule has 11 heteroatoms. The standard InChI is InChI=1S/C18H33NO10/c1-7-10(20)12(11(21)16(23)27-7)29-17-14(26-6)18(4,24)13(8(2)28-17)19-15(22)9(3)25-5/h7-14,16-17,20-21,23-24H,1-6H3,(H,19,22)/t7-,8+,9?,10+,11-,12+,13+,14+,16?,17?,18-/m1/s1. The van der Waals surface area contributed by atoms with Crippen LogP contribution in [0.1, 0.15) is 27.7 Å². The lowest BCUT2D eigenvalue weighted by Crippen LogP contribution is -2.71. The lowest BCUT2D eigenvalue weighted by molar-refractivity contribution is -0.354. The summed E-state index contributed by atoms with van der Waals surface area (Å²) >= 11 is 0. The summed E-state index contributed by atoms with van der Waals surface area (Å²) in [6, 6.07) is -0.855. The topological polar surface area (TPSA) is 156 Å². The van der Waals surface area contributed by atoms with Crippen LogP contribution in [0.25, 0.3) is 0 Å². The van der Waals surface area contributed by atoms with E-state index in [4.69, 9.17) is 23.7 Å². The van der Waals surface area contributed by atoms with E-state index in [1.807, 2.05) is 0 Å². The maximum absolute atomic E-state index is 12.2. The number of carbonyl (C=O) groups is 1. The smallest absolute Gasteiger partial charge is 0.249 e. The maximum atomic E-state index is 12.2. The molecule has 0 aromatic carbocycles. The monoisotopic (exact) mass is 423 g/mol. The van der Waals surface area contributed by atoms with Crippen molar-refractivity contribution in [1.82, 2.24) is 5.32 Å². The van der Waals surface area contributed by atoms with Crippen LogP contribution in [0.3, 0.4) is 0 Å². The summed E-state index contributed by atoms with van der Waals surface area (Å²) in [5.74, 6) is -0.435. The van der Waals surface area contributed by atoms with E-state index < -0.39 is 72.9 Å². The van der Waals surface area contributed by atoms with E-state index in [-0.39, 0.29) is 0 Å². The normalized spacial score (nSPS) is 46.9. The second-order valence-corrected chi connectivity index (χ2v) is 7.77. The van der Waals surface area contributed by atoms with Gasteiger partial charge in [0.05, 0.1) is 18.2 Å². The fourth-order valence-electron chi connectivity index (χ4n) is 3.71. The zero-order valence-corrected chi connectivity index (χ0v) is 17.5. The van der Waals surface area contributed by atoms with Crippen molar-refractivity contribution < 1.29 is 48.9 Å². The number of methoxy groups -OCH3 is 2. The van der Waals surface area contributed by atoms with E-state index in [1.54, 1.807) is 13.8 Å². The highest BCUT2D eigenvalue weighted by Gasteiger charge is 2.55. The van der Waals surface area contributed by atoms with Gasteiger partial charge in [-0.05, 0) is 27.7 Å². The minimum absolute atomic E-state index is 0.435. The fraction of sp³-hybridized carbons (Fsp3) is 0.944. The third-order valence-corrected chi connectivity index (χ3v) is 5.64. The number of hydrogen-bond acceptors (Lipinski definition) is 10. The molecule has 11 atom stereocenters. The molecule has 0 radical (unpaired) electrons. The van der Waals surface area contributed by atoms with Crippen LogP contribution >= 0.6 is 0 Å². The molecule has 2 heterocycles. The van der Waals surface area contributed by atoms with Crippen molar-refractivity contribution in [3.05, 3.63) is 0 Å². The highest BCUT2D eigenvalue weighted by molar-refractivity contribution is 5.80. The molecule has 2 aliphatic rings. The van der Waals surface area contributed by atoms with Gasteiger partial charge in [-0.3, -0.25) is 4.79 Å². The summed E-state index contributed by atoms with van der Waals surface area (Å²) < 4.78 is 27.0. The SMILES string of the molecule is COC(C)C(=O)N[C@H]1[C@H](C)OC(O[C@H]2[C@@H](O)[C@@H](C)OC(O)[C@@H]2O)[C@H](OC)[C@]1(C)O. The van der Waals surface area contributed by atoms with Crippen molar-refractivity contribution in [1.29, 1.82) is 0 Å². The number of aliphatic hydroxyl groups is 4. The minimum atomic E-state index is -1.63. The second-order valence-electron chi connectivity index (χ2n) is 7.77. The number of aliphatic hydroxyl groups excluding tert-OH is 3. The van der Waals surface area contributed by atoms with Gasteiger partial charge in [0, 0.05) is 14.2 Å². The van der Waals surface area contributed by atoms with Crippen LogP contribution in [-0.2, 0) is 28.5 Å². The zero-order chi connectivity index (χ0) is 22.1. The van der Waals surface area contributed by atoms with Gasteiger partial charge < -0.3 is 49.4 Å². The first-order valence-corrected chi connectivity index (χ1v) is 9.54. The molecule has 2 aliphatic heterocycles. The van der Waals surface area contributed by atoms with Gasteiger partial charge in [-0.2, -0.15) is 0 Å². The Hall–Kier alpha value is -0.890. The molecule has 29 heavy (non-hydrogen) atoms. The average Bonchev–Trinajstić information content (AvgIpc) is 2.65.